The number of hydrogen-bond acceptors (Lipinski definition) is 4. The highest BCUT2D eigenvalue weighted by Gasteiger charge is 2.15. The van der Waals surface area contributed by atoms with E-state index in [0.717, 1.165) is 52.3 Å². The van der Waals surface area contributed by atoms with Crippen molar-refractivity contribution in [3.8, 4) is 16.9 Å². The maximum atomic E-state index is 5.71. The summed E-state index contributed by atoms with van der Waals surface area (Å²) in [7, 11) is 1.67. The Hall–Kier alpha value is -2.46. The van der Waals surface area contributed by atoms with Crippen LogP contribution in [0.3, 0.4) is 0 Å². The molecule has 1 N–H and O–H groups in total. The van der Waals surface area contributed by atoms with Gasteiger partial charge in [-0.15, -0.1) is 12.4 Å². The fraction of sp³-hybridized carbons (Fsp3) is 0.167. The Morgan fingerprint density at radius 1 is 1.09 bits per heavy atom. The lowest BCUT2D eigenvalue weighted by molar-refractivity contribution is 0.415. The van der Waals surface area contributed by atoms with Gasteiger partial charge in [-0.2, -0.15) is 0 Å². The number of hydrogen-bond donors (Lipinski definition) is 1. The summed E-state index contributed by atoms with van der Waals surface area (Å²) >= 11 is 0. The third kappa shape index (κ3) is 2.78. The summed E-state index contributed by atoms with van der Waals surface area (Å²) in [6.45, 7) is 1.68. The van der Waals surface area contributed by atoms with Crippen LogP contribution < -0.4 is 10.1 Å². The minimum Gasteiger partial charge on any atom is -0.497 e. The van der Waals surface area contributed by atoms with Crippen LogP contribution in [0, 0.1) is 0 Å². The number of methoxy groups -OCH3 is 1. The Balaban J connectivity index is 0.00000156. The topological polar surface area (TPSA) is 46.8 Å². The van der Waals surface area contributed by atoms with E-state index in [1.165, 1.54) is 0 Å². The van der Waals surface area contributed by atoms with Crippen LogP contribution >= 0.6 is 12.4 Å². The average molecular weight is 329 g/mol. The van der Waals surface area contributed by atoms with Gasteiger partial charge in [0.1, 0.15) is 5.75 Å². The molecule has 23 heavy (non-hydrogen) atoms. The molecule has 1 aliphatic rings. The number of aliphatic imine (C=N–C) groups is 1. The van der Waals surface area contributed by atoms with Crippen LogP contribution in [0.4, 0.5) is 0 Å². The van der Waals surface area contributed by atoms with E-state index < -0.39 is 0 Å². The van der Waals surface area contributed by atoms with Gasteiger partial charge in [0.2, 0.25) is 0 Å². The van der Waals surface area contributed by atoms with Gasteiger partial charge >= 0.3 is 0 Å². The molecular formula is C18H17ClN2O2. The van der Waals surface area contributed by atoms with E-state index in [1.807, 2.05) is 12.1 Å². The number of amidine groups is 1. The zero-order valence-electron chi connectivity index (χ0n) is 12.7. The second-order valence-corrected chi connectivity index (χ2v) is 5.25. The molecule has 2 heterocycles. The van der Waals surface area contributed by atoms with Crippen molar-refractivity contribution < 1.29 is 9.15 Å². The first-order valence-electron chi connectivity index (χ1n) is 7.29. The van der Waals surface area contributed by atoms with Crippen molar-refractivity contribution in [2.45, 2.75) is 0 Å². The summed E-state index contributed by atoms with van der Waals surface area (Å²) in [6, 6.07) is 14.4. The third-order valence-electron chi connectivity index (χ3n) is 3.91. The lowest BCUT2D eigenvalue weighted by Crippen LogP contribution is -2.18. The van der Waals surface area contributed by atoms with E-state index in [2.05, 4.69) is 40.6 Å². The number of halogens is 1. The van der Waals surface area contributed by atoms with Gasteiger partial charge in [0.25, 0.3) is 0 Å². The maximum absolute atomic E-state index is 5.71. The maximum Gasteiger partial charge on any atom is 0.176 e. The molecule has 118 valence electrons. The normalized spacial score (nSPS) is 13.3. The molecule has 0 unspecified atom stereocenters. The molecule has 0 radical (unpaired) electrons. The van der Waals surface area contributed by atoms with Crippen molar-refractivity contribution in [3.05, 3.63) is 54.5 Å². The first kappa shape index (κ1) is 15.4. The molecule has 4 rings (SSSR count). The molecule has 4 nitrogen and oxygen atoms in total. The second kappa shape index (κ2) is 6.34. The molecule has 0 spiro atoms. The van der Waals surface area contributed by atoms with Gasteiger partial charge in [-0.05, 0) is 35.4 Å². The third-order valence-corrected chi connectivity index (χ3v) is 3.91. The fourth-order valence-corrected chi connectivity index (χ4v) is 2.75. The monoisotopic (exact) mass is 328 g/mol. The highest BCUT2D eigenvalue weighted by molar-refractivity contribution is 6.08. The van der Waals surface area contributed by atoms with Gasteiger partial charge in [0.05, 0.1) is 19.9 Å². The molecule has 0 bridgehead atoms. The van der Waals surface area contributed by atoms with Crippen molar-refractivity contribution >= 4 is 29.0 Å². The van der Waals surface area contributed by atoms with E-state index in [4.69, 9.17) is 9.15 Å². The molecule has 0 saturated carbocycles. The Bertz CT molecular complexity index is 853. The van der Waals surface area contributed by atoms with Gasteiger partial charge in [-0.1, -0.05) is 18.2 Å². The summed E-state index contributed by atoms with van der Waals surface area (Å²) in [5.74, 6) is 2.54. The highest BCUT2D eigenvalue weighted by atomic mass is 35.5. The quantitative estimate of drug-likeness (QED) is 0.793. The highest BCUT2D eigenvalue weighted by Crippen LogP contribution is 2.29. The number of benzene rings is 2. The Kier molecular flexibility index (Phi) is 4.26. The summed E-state index contributed by atoms with van der Waals surface area (Å²) in [6.07, 6.45) is 1.79. The van der Waals surface area contributed by atoms with Gasteiger partial charge in [0.15, 0.2) is 11.6 Å². The molecule has 2 aromatic carbocycles. The molecule has 0 atom stereocenters. The lowest BCUT2D eigenvalue weighted by Gasteiger charge is -2.04. The zero-order valence-corrected chi connectivity index (χ0v) is 13.5. The van der Waals surface area contributed by atoms with Crippen LogP contribution in [-0.2, 0) is 0 Å². The van der Waals surface area contributed by atoms with Crippen molar-refractivity contribution in [2.75, 3.05) is 20.2 Å². The second-order valence-electron chi connectivity index (χ2n) is 5.25. The minimum absolute atomic E-state index is 0. The summed E-state index contributed by atoms with van der Waals surface area (Å²) in [4.78, 5) is 4.43. The predicted octanol–water partition coefficient (Wildman–Crippen LogP) is 3.88. The predicted molar refractivity (Wildman–Crippen MR) is 94.9 cm³/mol. The van der Waals surface area contributed by atoms with Gasteiger partial charge < -0.3 is 14.5 Å². The molecule has 0 fully saturated rings. The van der Waals surface area contributed by atoms with Crippen LogP contribution in [-0.4, -0.2) is 26.0 Å². The number of nitrogens with zero attached hydrogens (tertiary/aromatic N) is 1. The summed E-state index contributed by atoms with van der Waals surface area (Å²) in [5.41, 5.74) is 2.31. The Morgan fingerprint density at radius 3 is 2.57 bits per heavy atom. The minimum atomic E-state index is 0. The number of nitrogens with one attached hydrogen (secondary N) is 1. The lowest BCUT2D eigenvalue weighted by atomic mass is 10.0. The Morgan fingerprint density at radius 2 is 1.87 bits per heavy atom. The molecular weight excluding hydrogens is 312 g/mol. The van der Waals surface area contributed by atoms with E-state index in [-0.39, 0.29) is 12.4 Å². The largest absolute Gasteiger partial charge is 0.497 e. The molecule has 1 aliphatic heterocycles. The summed E-state index contributed by atoms with van der Waals surface area (Å²) in [5, 5.41) is 5.42. The van der Waals surface area contributed by atoms with Crippen LogP contribution in [0.15, 0.2) is 58.1 Å². The number of ether oxygens (including phenoxy) is 1. The number of furan rings is 1. The smallest absolute Gasteiger partial charge is 0.176 e. The van der Waals surface area contributed by atoms with Crippen LogP contribution in [0.25, 0.3) is 21.9 Å². The van der Waals surface area contributed by atoms with Crippen molar-refractivity contribution in [3.63, 3.8) is 0 Å². The van der Waals surface area contributed by atoms with E-state index in [0.29, 0.717) is 0 Å². The van der Waals surface area contributed by atoms with Crippen LogP contribution in [0.1, 0.15) is 5.76 Å². The van der Waals surface area contributed by atoms with E-state index in [9.17, 15) is 0 Å². The van der Waals surface area contributed by atoms with E-state index in [1.54, 1.807) is 13.4 Å². The standard InChI is InChI=1S/C18H16N2O2.ClH/c1-21-15-5-2-12(3-6-15)13-4-7-16-14(10-13)11-22-17(16)18-19-8-9-20-18;/h2-7,10-11H,8-9H2,1H3,(H,19,20);1H. The van der Waals surface area contributed by atoms with Crippen molar-refractivity contribution in [1.82, 2.24) is 5.32 Å². The van der Waals surface area contributed by atoms with Gasteiger partial charge in [0, 0.05) is 17.3 Å². The van der Waals surface area contributed by atoms with Gasteiger partial charge in [-0.3, -0.25) is 4.99 Å². The molecule has 3 aromatic rings. The average Bonchev–Trinajstić information content (AvgIpc) is 3.23. The number of fused-ring (bicyclic) bond motifs is 1. The molecule has 0 aliphatic carbocycles. The van der Waals surface area contributed by atoms with Crippen LogP contribution in [0.5, 0.6) is 5.75 Å². The molecule has 0 saturated heterocycles. The number of rotatable bonds is 3. The molecule has 1 aromatic heterocycles. The summed E-state index contributed by atoms with van der Waals surface area (Å²) < 4.78 is 10.9. The Labute approximate surface area is 140 Å². The van der Waals surface area contributed by atoms with Gasteiger partial charge in [-0.25, -0.2) is 0 Å². The fourth-order valence-electron chi connectivity index (χ4n) is 2.75. The molecule has 0 amide bonds. The van der Waals surface area contributed by atoms with Crippen LogP contribution in [0.2, 0.25) is 0 Å². The first-order chi connectivity index (χ1) is 10.8. The first-order valence-corrected chi connectivity index (χ1v) is 7.29. The molecule has 5 heteroatoms. The van der Waals surface area contributed by atoms with Crippen molar-refractivity contribution in [2.24, 2.45) is 4.99 Å². The zero-order chi connectivity index (χ0) is 14.9. The van der Waals surface area contributed by atoms with Crippen molar-refractivity contribution in [1.29, 1.82) is 0 Å². The van der Waals surface area contributed by atoms with E-state index >= 15 is 0 Å². The SMILES string of the molecule is COc1ccc(-c2ccc3c(C4=NCCN4)occ3c2)cc1.Cl.